The van der Waals surface area contributed by atoms with Gasteiger partial charge in [-0.05, 0) is 36.4 Å². The Labute approximate surface area is 181 Å². The van der Waals surface area contributed by atoms with Crippen LogP contribution in [0.1, 0.15) is 39.3 Å². The number of phenols is 1. The Hall–Kier alpha value is -3.77. The number of nitrogens with one attached hydrogen (secondary N) is 1. The first kappa shape index (κ1) is 20.5. The van der Waals surface area contributed by atoms with E-state index in [1.54, 1.807) is 25.3 Å². The van der Waals surface area contributed by atoms with Crippen molar-refractivity contribution in [3.05, 3.63) is 101 Å². The second-order valence-corrected chi connectivity index (χ2v) is 7.32. The van der Waals surface area contributed by atoms with Crippen LogP contribution in [-0.2, 0) is 4.74 Å². The van der Waals surface area contributed by atoms with Gasteiger partial charge in [-0.1, -0.05) is 36.4 Å². The van der Waals surface area contributed by atoms with Crippen LogP contribution in [0.15, 0.2) is 78.9 Å². The number of methoxy groups -OCH3 is 2. The molecule has 158 valence electrons. The van der Waals surface area contributed by atoms with Crippen molar-refractivity contribution in [2.75, 3.05) is 14.2 Å². The predicted molar refractivity (Wildman–Crippen MR) is 117 cm³/mol. The first-order valence-corrected chi connectivity index (χ1v) is 10.0. The van der Waals surface area contributed by atoms with E-state index in [0.29, 0.717) is 5.56 Å². The lowest BCUT2D eigenvalue weighted by molar-refractivity contribution is -0.731. The molecular weight excluding hydrogens is 392 g/mol. The average Bonchev–Trinajstić information content (AvgIpc) is 2.83. The first-order chi connectivity index (χ1) is 15.1. The number of ether oxygens (including phenoxy) is 2. The molecule has 3 aromatic carbocycles. The summed E-state index contributed by atoms with van der Waals surface area (Å²) < 4.78 is 10.2. The van der Waals surface area contributed by atoms with Crippen molar-refractivity contribution in [3.63, 3.8) is 0 Å². The van der Waals surface area contributed by atoms with Gasteiger partial charge in [-0.15, -0.1) is 0 Å². The lowest BCUT2D eigenvalue weighted by Gasteiger charge is -2.30. The summed E-state index contributed by atoms with van der Waals surface area (Å²) >= 11 is 0. The number of benzene rings is 3. The van der Waals surface area contributed by atoms with Crippen molar-refractivity contribution in [1.29, 1.82) is 0 Å². The number of esters is 1. The second kappa shape index (κ2) is 8.93. The molecule has 0 saturated carbocycles. The summed E-state index contributed by atoms with van der Waals surface area (Å²) in [5, 5.41) is 16.2. The van der Waals surface area contributed by atoms with Crippen molar-refractivity contribution in [1.82, 2.24) is 5.32 Å². The monoisotopic (exact) mass is 417 g/mol. The molecule has 0 aliphatic carbocycles. The van der Waals surface area contributed by atoms with Crippen LogP contribution in [0.2, 0.25) is 0 Å². The fourth-order valence-corrected chi connectivity index (χ4v) is 3.78. The predicted octanol–water partition coefficient (Wildman–Crippen LogP) is 3.14. The maximum absolute atomic E-state index is 11.8. The highest BCUT2D eigenvalue weighted by molar-refractivity contribution is 5.89. The Balaban J connectivity index is 1.72. The molecule has 0 radical (unpaired) electrons. The quantitative estimate of drug-likeness (QED) is 0.556. The molecule has 0 aromatic heterocycles. The molecule has 0 amide bonds. The number of aromatic hydroxyl groups is 1. The third-order valence-corrected chi connectivity index (χ3v) is 5.42. The van der Waals surface area contributed by atoms with E-state index >= 15 is 0 Å². The van der Waals surface area contributed by atoms with Gasteiger partial charge in [-0.3, -0.25) is 0 Å². The molecule has 3 aromatic rings. The lowest BCUT2D eigenvalue weighted by Crippen LogP contribution is -2.89. The number of para-hydroxylation sites is 1. The minimum Gasteiger partial charge on any atom is -0.507 e. The van der Waals surface area contributed by atoms with Crippen LogP contribution in [0.3, 0.4) is 0 Å². The van der Waals surface area contributed by atoms with E-state index in [2.05, 4.69) is 16.7 Å². The summed E-state index contributed by atoms with van der Waals surface area (Å²) in [4.78, 5) is 11.8. The highest BCUT2D eigenvalue weighted by Gasteiger charge is 2.29. The van der Waals surface area contributed by atoms with Gasteiger partial charge in [0.2, 0.25) is 0 Å². The highest BCUT2D eigenvalue weighted by atomic mass is 16.5. The Bertz CT molecular complexity index is 1110. The van der Waals surface area contributed by atoms with Gasteiger partial charge >= 0.3 is 5.97 Å². The van der Waals surface area contributed by atoms with E-state index < -0.39 is 0 Å². The molecule has 0 fully saturated rings. The molecule has 2 atom stereocenters. The Kier molecular flexibility index (Phi) is 5.91. The standard InChI is InChI=1S/C25H24N2O4/c1-30-19-7-5-6-18(14-19)21-15-22(20-8-3-4-9-23(20)28)27-24(26-21)16-10-12-17(13-11-16)25(29)31-2/h3-15,22,24,26-28H,1-2H3/p+1. The second-order valence-electron chi connectivity index (χ2n) is 7.32. The number of nitrogens with two attached hydrogens (primary N) is 1. The SMILES string of the molecule is COC(=O)c1ccc(C2NC(c3cccc(OC)c3)=CC(c3ccccc3O)[NH2+]2)cc1. The fraction of sp³-hybridized carbons (Fsp3) is 0.160. The molecule has 1 aliphatic rings. The van der Waals surface area contributed by atoms with Gasteiger partial charge in [0.1, 0.15) is 17.5 Å². The van der Waals surface area contributed by atoms with Crippen molar-refractivity contribution in [2.45, 2.75) is 12.2 Å². The average molecular weight is 417 g/mol. The number of carbonyl (C=O) groups excluding carboxylic acids is 1. The molecule has 0 saturated heterocycles. The van der Waals surface area contributed by atoms with Gasteiger partial charge in [-0.25, -0.2) is 4.79 Å². The molecule has 4 rings (SSSR count). The Morgan fingerprint density at radius 2 is 1.77 bits per heavy atom. The zero-order valence-electron chi connectivity index (χ0n) is 17.4. The number of carbonyl (C=O) groups is 1. The van der Waals surface area contributed by atoms with Gasteiger partial charge in [0.05, 0.1) is 25.3 Å². The molecule has 1 heterocycles. The molecule has 6 heteroatoms. The molecule has 4 N–H and O–H groups in total. The van der Waals surface area contributed by atoms with Gasteiger partial charge in [0, 0.05) is 22.9 Å². The number of phenolic OH excluding ortho intramolecular Hbond substituents is 1. The van der Waals surface area contributed by atoms with Crippen LogP contribution in [0, 0.1) is 0 Å². The summed E-state index contributed by atoms with van der Waals surface area (Å²) in [7, 11) is 3.01. The van der Waals surface area contributed by atoms with Crippen molar-refractivity contribution in [2.24, 2.45) is 0 Å². The number of rotatable bonds is 5. The molecule has 6 nitrogen and oxygen atoms in total. The third-order valence-electron chi connectivity index (χ3n) is 5.42. The van der Waals surface area contributed by atoms with Gasteiger partial charge in [0.15, 0.2) is 6.17 Å². The van der Waals surface area contributed by atoms with Crippen molar-refractivity contribution < 1.29 is 24.7 Å². The zero-order valence-corrected chi connectivity index (χ0v) is 17.4. The van der Waals surface area contributed by atoms with Crippen LogP contribution in [-0.4, -0.2) is 25.3 Å². The smallest absolute Gasteiger partial charge is 0.337 e. The van der Waals surface area contributed by atoms with Crippen LogP contribution < -0.4 is 15.4 Å². The normalized spacial score (nSPS) is 17.9. The molecule has 0 bridgehead atoms. The van der Waals surface area contributed by atoms with Gasteiger partial charge in [-0.2, -0.15) is 0 Å². The van der Waals surface area contributed by atoms with Gasteiger partial charge < -0.3 is 25.2 Å². The summed E-state index contributed by atoms with van der Waals surface area (Å²) in [5.74, 6) is 0.663. The molecule has 0 spiro atoms. The number of hydrogen-bond acceptors (Lipinski definition) is 5. The lowest BCUT2D eigenvalue weighted by atomic mass is 9.97. The Morgan fingerprint density at radius 1 is 1.00 bits per heavy atom. The topological polar surface area (TPSA) is 84.4 Å². The highest BCUT2D eigenvalue weighted by Crippen LogP contribution is 2.29. The van der Waals surface area contributed by atoms with Crippen LogP contribution >= 0.6 is 0 Å². The van der Waals surface area contributed by atoms with Crippen LogP contribution in [0.4, 0.5) is 0 Å². The molecule has 1 aliphatic heterocycles. The number of hydrogen-bond donors (Lipinski definition) is 3. The van der Waals surface area contributed by atoms with E-state index in [1.165, 1.54) is 7.11 Å². The van der Waals surface area contributed by atoms with E-state index in [-0.39, 0.29) is 23.9 Å². The largest absolute Gasteiger partial charge is 0.507 e. The summed E-state index contributed by atoms with van der Waals surface area (Å²) in [6.07, 6.45) is 1.98. The third kappa shape index (κ3) is 4.39. The minimum atomic E-state index is -0.365. The molecular formula is C25H25N2O4+. The summed E-state index contributed by atoms with van der Waals surface area (Å²) in [6, 6.07) is 22.5. The first-order valence-electron chi connectivity index (χ1n) is 10.0. The Morgan fingerprint density at radius 3 is 2.48 bits per heavy atom. The maximum Gasteiger partial charge on any atom is 0.337 e. The summed E-state index contributed by atoms with van der Waals surface area (Å²) in [6.45, 7) is 0. The molecule has 31 heavy (non-hydrogen) atoms. The van der Waals surface area contributed by atoms with Crippen LogP contribution in [0.5, 0.6) is 11.5 Å². The number of quaternary nitrogens is 1. The summed E-state index contributed by atoms with van der Waals surface area (Å²) in [5.41, 5.74) is 4.27. The van der Waals surface area contributed by atoms with Crippen molar-refractivity contribution >= 4 is 11.7 Å². The minimum absolute atomic E-state index is 0.103. The van der Waals surface area contributed by atoms with E-state index in [0.717, 1.165) is 28.1 Å². The van der Waals surface area contributed by atoms with Crippen molar-refractivity contribution in [3.8, 4) is 11.5 Å². The molecule has 2 unspecified atom stereocenters. The van der Waals surface area contributed by atoms with E-state index in [9.17, 15) is 9.90 Å². The van der Waals surface area contributed by atoms with Crippen LogP contribution in [0.25, 0.3) is 5.70 Å². The van der Waals surface area contributed by atoms with E-state index in [4.69, 9.17) is 9.47 Å². The van der Waals surface area contributed by atoms with E-state index in [1.807, 2.05) is 54.6 Å². The fourth-order valence-electron chi connectivity index (χ4n) is 3.78. The zero-order chi connectivity index (χ0) is 21.8. The van der Waals surface area contributed by atoms with Gasteiger partial charge in [0.25, 0.3) is 0 Å². The maximum atomic E-state index is 11.8.